The lowest BCUT2D eigenvalue weighted by molar-refractivity contribution is 0.183. The zero-order valence-corrected chi connectivity index (χ0v) is 8.23. The predicted molar refractivity (Wildman–Crippen MR) is 55.2 cm³/mol. The predicted octanol–water partition coefficient (Wildman–Crippen LogP) is 1.09. The van der Waals surface area contributed by atoms with Crippen molar-refractivity contribution in [3.63, 3.8) is 0 Å². The van der Waals surface area contributed by atoms with E-state index in [1.807, 2.05) is 37.3 Å². The van der Waals surface area contributed by atoms with E-state index in [4.69, 9.17) is 5.73 Å². The van der Waals surface area contributed by atoms with Crippen molar-refractivity contribution in [3.8, 4) is 0 Å². The first-order chi connectivity index (χ1) is 6.72. The summed E-state index contributed by atoms with van der Waals surface area (Å²) in [5.74, 6) is 0. The third-order valence-corrected chi connectivity index (χ3v) is 1.87. The molecule has 4 heteroatoms. The summed E-state index contributed by atoms with van der Waals surface area (Å²) in [5.41, 5.74) is 8.72. The molecule has 0 aliphatic heterocycles. The third-order valence-electron chi connectivity index (χ3n) is 1.87. The van der Waals surface area contributed by atoms with Crippen LogP contribution in [0.25, 0.3) is 0 Å². The van der Waals surface area contributed by atoms with Gasteiger partial charge in [0.05, 0.1) is 0 Å². The molecule has 0 aromatic heterocycles. The van der Waals surface area contributed by atoms with Crippen LogP contribution in [0.3, 0.4) is 0 Å². The van der Waals surface area contributed by atoms with E-state index in [2.05, 4.69) is 5.43 Å². The SMILES string of the molecule is CCN(Cc1ccccc1)NC(N)=O. The van der Waals surface area contributed by atoms with Crippen molar-refractivity contribution < 1.29 is 4.79 Å². The zero-order chi connectivity index (χ0) is 10.4. The van der Waals surface area contributed by atoms with Crippen molar-refractivity contribution in [2.45, 2.75) is 13.5 Å². The summed E-state index contributed by atoms with van der Waals surface area (Å²) in [6.45, 7) is 3.34. The molecule has 0 fully saturated rings. The van der Waals surface area contributed by atoms with Crippen LogP contribution >= 0.6 is 0 Å². The first kappa shape index (κ1) is 10.5. The maximum absolute atomic E-state index is 10.6. The van der Waals surface area contributed by atoms with Crippen LogP contribution < -0.4 is 11.2 Å². The first-order valence-corrected chi connectivity index (χ1v) is 4.57. The van der Waals surface area contributed by atoms with Crippen LogP contribution in [0.15, 0.2) is 30.3 Å². The number of primary amides is 1. The maximum Gasteiger partial charge on any atom is 0.326 e. The Bertz CT molecular complexity index is 287. The third kappa shape index (κ3) is 3.45. The van der Waals surface area contributed by atoms with Gasteiger partial charge in [-0.1, -0.05) is 37.3 Å². The molecule has 0 radical (unpaired) electrons. The van der Waals surface area contributed by atoms with E-state index in [1.165, 1.54) is 0 Å². The fourth-order valence-electron chi connectivity index (χ4n) is 1.19. The van der Waals surface area contributed by atoms with E-state index in [0.29, 0.717) is 6.54 Å². The molecule has 0 saturated heterocycles. The molecule has 4 nitrogen and oxygen atoms in total. The number of carbonyl (C=O) groups excluding carboxylic acids is 1. The highest BCUT2D eigenvalue weighted by atomic mass is 16.2. The fraction of sp³-hybridized carbons (Fsp3) is 0.300. The van der Waals surface area contributed by atoms with Crippen LogP contribution in [0, 0.1) is 0 Å². The normalized spacial score (nSPS) is 10.1. The van der Waals surface area contributed by atoms with Crippen molar-refractivity contribution in [2.75, 3.05) is 6.54 Å². The lowest BCUT2D eigenvalue weighted by Gasteiger charge is -2.19. The van der Waals surface area contributed by atoms with E-state index in [9.17, 15) is 4.79 Å². The highest BCUT2D eigenvalue weighted by molar-refractivity contribution is 5.70. The van der Waals surface area contributed by atoms with Crippen molar-refractivity contribution >= 4 is 6.03 Å². The second-order valence-corrected chi connectivity index (χ2v) is 2.98. The molecule has 14 heavy (non-hydrogen) atoms. The van der Waals surface area contributed by atoms with Gasteiger partial charge in [-0.05, 0) is 5.56 Å². The van der Waals surface area contributed by atoms with Gasteiger partial charge in [0.2, 0.25) is 0 Å². The average Bonchev–Trinajstić information content (AvgIpc) is 2.17. The van der Waals surface area contributed by atoms with Gasteiger partial charge in [-0.15, -0.1) is 0 Å². The zero-order valence-electron chi connectivity index (χ0n) is 8.23. The van der Waals surface area contributed by atoms with E-state index < -0.39 is 6.03 Å². The number of rotatable bonds is 4. The summed E-state index contributed by atoms with van der Waals surface area (Å²) >= 11 is 0. The average molecular weight is 193 g/mol. The van der Waals surface area contributed by atoms with Crippen LogP contribution in [-0.4, -0.2) is 17.6 Å². The number of nitrogens with zero attached hydrogens (tertiary/aromatic N) is 1. The van der Waals surface area contributed by atoms with Crippen LogP contribution in [0.1, 0.15) is 12.5 Å². The molecule has 1 aromatic carbocycles. The van der Waals surface area contributed by atoms with Gasteiger partial charge in [0.1, 0.15) is 0 Å². The van der Waals surface area contributed by atoms with Gasteiger partial charge >= 0.3 is 6.03 Å². The van der Waals surface area contributed by atoms with Crippen molar-refractivity contribution in [3.05, 3.63) is 35.9 Å². The molecule has 0 aliphatic carbocycles. The minimum absolute atomic E-state index is 0.525. The molecular formula is C10H15N3O. The monoisotopic (exact) mass is 193 g/mol. The van der Waals surface area contributed by atoms with Gasteiger partial charge in [0.25, 0.3) is 0 Å². The molecule has 1 aromatic rings. The summed E-state index contributed by atoms with van der Waals surface area (Å²) in [5, 5.41) is 1.76. The summed E-state index contributed by atoms with van der Waals surface area (Å²) < 4.78 is 0. The van der Waals surface area contributed by atoms with Crippen LogP contribution in [-0.2, 0) is 6.54 Å². The Hall–Kier alpha value is -1.55. The maximum atomic E-state index is 10.6. The molecule has 3 N–H and O–H groups in total. The summed E-state index contributed by atoms with van der Waals surface area (Å²) in [7, 11) is 0. The van der Waals surface area contributed by atoms with Crippen LogP contribution in [0.4, 0.5) is 4.79 Å². The molecular weight excluding hydrogens is 178 g/mol. The first-order valence-electron chi connectivity index (χ1n) is 4.57. The minimum atomic E-state index is -0.525. The highest BCUT2D eigenvalue weighted by Gasteiger charge is 2.03. The smallest absolute Gasteiger partial charge is 0.326 e. The number of hydrogen-bond donors (Lipinski definition) is 2. The number of hydrazine groups is 1. The Morgan fingerprint density at radius 1 is 1.43 bits per heavy atom. The Kier molecular flexibility index (Phi) is 3.94. The van der Waals surface area contributed by atoms with Crippen molar-refractivity contribution in [2.24, 2.45) is 5.73 Å². The Balaban J connectivity index is 2.53. The minimum Gasteiger partial charge on any atom is -0.351 e. The van der Waals surface area contributed by atoms with Crippen LogP contribution in [0.2, 0.25) is 0 Å². The quantitative estimate of drug-likeness (QED) is 0.703. The number of benzene rings is 1. The number of nitrogens with one attached hydrogen (secondary N) is 1. The molecule has 2 amide bonds. The molecule has 0 atom stereocenters. The number of urea groups is 1. The van der Waals surface area contributed by atoms with E-state index in [-0.39, 0.29) is 0 Å². The topological polar surface area (TPSA) is 58.4 Å². The Labute approximate surface area is 83.7 Å². The molecule has 0 heterocycles. The summed E-state index contributed by atoms with van der Waals surface area (Å²) in [4.78, 5) is 10.6. The van der Waals surface area contributed by atoms with Gasteiger partial charge in [0, 0.05) is 13.1 Å². The van der Waals surface area contributed by atoms with E-state index in [0.717, 1.165) is 12.1 Å². The van der Waals surface area contributed by atoms with E-state index >= 15 is 0 Å². The number of hydrogen-bond acceptors (Lipinski definition) is 2. The van der Waals surface area contributed by atoms with Gasteiger partial charge in [-0.3, -0.25) is 5.43 Å². The van der Waals surface area contributed by atoms with Gasteiger partial charge in [-0.25, -0.2) is 9.80 Å². The molecule has 0 aliphatic rings. The molecule has 76 valence electrons. The molecule has 0 spiro atoms. The lowest BCUT2D eigenvalue weighted by atomic mass is 10.2. The highest BCUT2D eigenvalue weighted by Crippen LogP contribution is 2.01. The second kappa shape index (κ2) is 5.24. The molecule has 0 saturated carbocycles. The molecule has 0 unspecified atom stereocenters. The molecule has 0 bridgehead atoms. The van der Waals surface area contributed by atoms with Gasteiger partial charge in [-0.2, -0.15) is 0 Å². The largest absolute Gasteiger partial charge is 0.351 e. The van der Waals surface area contributed by atoms with Crippen LogP contribution in [0.5, 0.6) is 0 Å². The lowest BCUT2D eigenvalue weighted by Crippen LogP contribution is -2.44. The van der Waals surface area contributed by atoms with Gasteiger partial charge in [0.15, 0.2) is 0 Å². The Morgan fingerprint density at radius 3 is 2.57 bits per heavy atom. The number of carbonyl (C=O) groups is 1. The van der Waals surface area contributed by atoms with Crippen molar-refractivity contribution in [1.29, 1.82) is 0 Å². The molecule has 1 rings (SSSR count). The second-order valence-electron chi connectivity index (χ2n) is 2.98. The summed E-state index contributed by atoms with van der Waals surface area (Å²) in [6.07, 6.45) is 0. The fourth-order valence-corrected chi connectivity index (χ4v) is 1.19. The number of amides is 2. The standard InChI is InChI=1S/C10H15N3O/c1-2-13(12-10(11)14)8-9-6-4-3-5-7-9/h3-7H,2,8H2,1H3,(H3,11,12,14). The van der Waals surface area contributed by atoms with Crippen molar-refractivity contribution in [1.82, 2.24) is 10.4 Å². The van der Waals surface area contributed by atoms with E-state index in [1.54, 1.807) is 5.01 Å². The van der Waals surface area contributed by atoms with Gasteiger partial charge < -0.3 is 5.73 Å². The summed E-state index contributed by atoms with van der Waals surface area (Å²) in [6, 6.07) is 9.38. The Morgan fingerprint density at radius 2 is 2.07 bits per heavy atom. The number of nitrogens with two attached hydrogens (primary N) is 1.